The summed E-state index contributed by atoms with van der Waals surface area (Å²) in [5, 5.41) is 14.8. The molecule has 1 aromatic heterocycles. The quantitative estimate of drug-likeness (QED) is 0.777. The van der Waals surface area contributed by atoms with E-state index in [0.29, 0.717) is 5.69 Å². The van der Waals surface area contributed by atoms with E-state index in [4.69, 9.17) is 14.0 Å². The second kappa shape index (κ2) is 6.09. The molecule has 3 heterocycles. The Kier molecular flexibility index (Phi) is 4.10. The minimum atomic E-state index is -0.439. The Hall–Kier alpha value is -1.88. The van der Waals surface area contributed by atoms with Gasteiger partial charge >= 0.3 is 7.12 Å². The highest BCUT2D eigenvalue weighted by Gasteiger charge is 2.51. The van der Waals surface area contributed by atoms with Crippen LogP contribution in [0, 0.1) is 11.3 Å². The third-order valence-electron chi connectivity index (χ3n) is 5.79. The van der Waals surface area contributed by atoms with Crippen LogP contribution in [0.2, 0.25) is 0 Å². The molecule has 0 bridgehead atoms. The largest absolute Gasteiger partial charge is 0.494 e. The van der Waals surface area contributed by atoms with Gasteiger partial charge in [-0.2, -0.15) is 10.4 Å². The van der Waals surface area contributed by atoms with Gasteiger partial charge in [-0.25, -0.2) is 4.68 Å². The number of nitrogens with zero attached hydrogens (tertiary/aromatic N) is 3. The van der Waals surface area contributed by atoms with Crippen molar-refractivity contribution in [1.29, 1.82) is 5.26 Å². The Morgan fingerprint density at radius 2 is 1.92 bits per heavy atom. The third-order valence-corrected chi connectivity index (χ3v) is 5.79. The van der Waals surface area contributed by atoms with Crippen LogP contribution >= 0.6 is 0 Å². The standard InChI is InChI=1S/C19H24BN3O3/c1-18(2)19(3,4)26-20(25-18)13-8-9-14-15(12-21)22-23(16(14)11-13)17-7-5-6-10-24-17/h8-9,11,17H,5-7,10H2,1-4H3. The van der Waals surface area contributed by atoms with Gasteiger partial charge in [0.1, 0.15) is 6.07 Å². The van der Waals surface area contributed by atoms with Gasteiger partial charge in [0.05, 0.1) is 16.7 Å². The van der Waals surface area contributed by atoms with E-state index in [9.17, 15) is 5.26 Å². The lowest BCUT2D eigenvalue weighted by Gasteiger charge is -2.32. The number of aromatic nitrogens is 2. The van der Waals surface area contributed by atoms with Gasteiger partial charge in [0.2, 0.25) is 0 Å². The molecular weight excluding hydrogens is 329 g/mol. The zero-order valence-electron chi connectivity index (χ0n) is 15.8. The van der Waals surface area contributed by atoms with E-state index in [0.717, 1.165) is 42.2 Å². The van der Waals surface area contributed by atoms with E-state index in [2.05, 4.69) is 11.2 Å². The van der Waals surface area contributed by atoms with Crippen LogP contribution in [0.3, 0.4) is 0 Å². The van der Waals surface area contributed by atoms with Gasteiger partial charge < -0.3 is 14.0 Å². The van der Waals surface area contributed by atoms with Crippen molar-refractivity contribution in [3.8, 4) is 6.07 Å². The number of hydrogen-bond acceptors (Lipinski definition) is 5. The molecule has 26 heavy (non-hydrogen) atoms. The molecule has 0 saturated carbocycles. The zero-order valence-corrected chi connectivity index (χ0v) is 15.8. The van der Waals surface area contributed by atoms with E-state index in [1.54, 1.807) is 0 Å². The number of benzene rings is 1. The van der Waals surface area contributed by atoms with E-state index in [1.165, 1.54) is 0 Å². The molecule has 0 amide bonds. The fraction of sp³-hybridized carbons (Fsp3) is 0.579. The van der Waals surface area contributed by atoms with Crippen LogP contribution in [0.1, 0.15) is 58.9 Å². The van der Waals surface area contributed by atoms with Gasteiger partial charge in [0, 0.05) is 12.0 Å². The van der Waals surface area contributed by atoms with Crippen LogP contribution in [0.4, 0.5) is 0 Å². The maximum Gasteiger partial charge on any atom is 0.494 e. The van der Waals surface area contributed by atoms with Crippen molar-refractivity contribution < 1.29 is 14.0 Å². The van der Waals surface area contributed by atoms with Crippen molar-refractivity contribution in [1.82, 2.24) is 9.78 Å². The molecule has 4 rings (SSSR count). The van der Waals surface area contributed by atoms with E-state index in [-0.39, 0.29) is 6.23 Å². The highest BCUT2D eigenvalue weighted by molar-refractivity contribution is 6.62. The average molecular weight is 353 g/mol. The lowest BCUT2D eigenvalue weighted by molar-refractivity contribution is -0.0367. The van der Waals surface area contributed by atoms with Crippen LogP contribution in [-0.4, -0.2) is 34.7 Å². The smallest absolute Gasteiger partial charge is 0.399 e. The molecule has 0 spiro atoms. The predicted octanol–water partition coefficient (Wildman–Crippen LogP) is 2.91. The molecule has 0 radical (unpaired) electrons. The van der Waals surface area contributed by atoms with Gasteiger partial charge in [-0.3, -0.25) is 0 Å². The van der Waals surface area contributed by atoms with Crippen LogP contribution in [0.25, 0.3) is 10.9 Å². The highest BCUT2D eigenvalue weighted by Crippen LogP contribution is 2.37. The Balaban J connectivity index is 1.76. The maximum atomic E-state index is 9.45. The minimum Gasteiger partial charge on any atom is -0.399 e. The summed E-state index contributed by atoms with van der Waals surface area (Å²) in [6.07, 6.45) is 2.95. The number of ether oxygens (including phenoxy) is 1. The SMILES string of the molecule is CC1(C)OB(c2ccc3c(C#N)nn(C4CCCCO4)c3c2)OC1(C)C. The molecule has 2 saturated heterocycles. The lowest BCUT2D eigenvalue weighted by Crippen LogP contribution is -2.41. The Morgan fingerprint density at radius 3 is 2.54 bits per heavy atom. The van der Waals surface area contributed by atoms with Crippen LogP contribution in [0.15, 0.2) is 18.2 Å². The molecule has 1 unspecified atom stereocenters. The Bertz CT molecular complexity index is 862. The second-order valence-electron chi connectivity index (χ2n) is 8.09. The van der Waals surface area contributed by atoms with Crippen molar-refractivity contribution in [3.63, 3.8) is 0 Å². The molecule has 6 nitrogen and oxygen atoms in total. The van der Waals surface area contributed by atoms with E-state index in [1.807, 2.05) is 50.6 Å². The number of nitriles is 1. The summed E-state index contributed by atoms with van der Waals surface area (Å²) in [5.41, 5.74) is 1.46. The van der Waals surface area contributed by atoms with Gasteiger partial charge in [0.15, 0.2) is 11.9 Å². The highest BCUT2D eigenvalue weighted by atomic mass is 16.7. The molecule has 2 aliphatic rings. The number of rotatable bonds is 2. The minimum absolute atomic E-state index is 0.123. The summed E-state index contributed by atoms with van der Waals surface area (Å²) >= 11 is 0. The van der Waals surface area contributed by atoms with Gasteiger partial charge in [-0.15, -0.1) is 0 Å². The number of fused-ring (bicyclic) bond motifs is 1. The predicted molar refractivity (Wildman–Crippen MR) is 99.0 cm³/mol. The first-order valence-corrected chi connectivity index (χ1v) is 9.22. The topological polar surface area (TPSA) is 69.3 Å². The summed E-state index contributed by atoms with van der Waals surface area (Å²) in [7, 11) is -0.439. The first-order valence-electron chi connectivity index (χ1n) is 9.22. The summed E-state index contributed by atoms with van der Waals surface area (Å²) in [6.45, 7) is 8.89. The number of hydrogen-bond donors (Lipinski definition) is 0. The van der Waals surface area contributed by atoms with Crippen LogP contribution in [0.5, 0.6) is 0 Å². The van der Waals surface area contributed by atoms with Gasteiger partial charge in [0.25, 0.3) is 0 Å². The Labute approximate surface area is 154 Å². The van der Waals surface area contributed by atoms with Gasteiger partial charge in [-0.05, 0) is 58.5 Å². The molecule has 0 N–H and O–H groups in total. The monoisotopic (exact) mass is 353 g/mol. The fourth-order valence-electron chi connectivity index (χ4n) is 3.50. The lowest BCUT2D eigenvalue weighted by atomic mass is 9.79. The second-order valence-corrected chi connectivity index (χ2v) is 8.09. The van der Waals surface area contributed by atoms with Crippen molar-refractivity contribution >= 4 is 23.5 Å². The Morgan fingerprint density at radius 1 is 1.19 bits per heavy atom. The molecular formula is C19H24BN3O3. The van der Waals surface area contributed by atoms with Crippen molar-refractivity contribution in [2.45, 2.75) is 64.4 Å². The molecule has 2 fully saturated rings. The molecule has 1 aromatic carbocycles. The summed E-state index contributed by atoms with van der Waals surface area (Å²) in [5.74, 6) is 0. The molecule has 2 aliphatic heterocycles. The van der Waals surface area contributed by atoms with E-state index < -0.39 is 18.3 Å². The molecule has 0 aliphatic carbocycles. The average Bonchev–Trinajstić information content (AvgIpc) is 3.09. The zero-order chi connectivity index (χ0) is 18.5. The van der Waals surface area contributed by atoms with Gasteiger partial charge in [-0.1, -0.05) is 12.1 Å². The van der Waals surface area contributed by atoms with Crippen LogP contribution in [-0.2, 0) is 14.0 Å². The summed E-state index contributed by atoms with van der Waals surface area (Å²) < 4.78 is 20.1. The third kappa shape index (κ3) is 2.73. The fourth-order valence-corrected chi connectivity index (χ4v) is 3.50. The van der Waals surface area contributed by atoms with Crippen molar-refractivity contribution in [2.75, 3.05) is 6.61 Å². The normalized spacial score (nSPS) is 24.7. The molecule has 1 atom stereocenters. The first-order chi connectivity index (χ1) is 12.3. The molecule has 136 valence electrons. The van der Waals surface area contributed by atoms with Crippen molar-refractivity contribution in [3.05, 3.63) is 23.9 Å². The summed E-state index contributed by atoms with van der Waals surface area (Å²) in [4.78, 5) is 0. The molecule has 2 aromatic rings. The van der Waals surface area contributed by atoms with Crippen molar-refractivity contribution in [2.24, 2.45) is 0 Å². The molecule has 7 heteroatoms. The van der Waals surface area contributed by atoms with Crippen LogP contribution < -0.4 is 5.46 Å². The maximum absolute atomic E-state index is 9.45. The van der Waals surface area contributed by atoms with E-state index >= 15 is 0 Å². The summed E-state index contributed by atoms with van der Waals surface area (Å²) in [6, 6.07) is 8.10. The first kappa shape index (κ1) is 17.5.